The number of nitrogens with zero attached hydrogens (tertiary/aromatic N) is 3. The maximum absolute atomic E-state index is 5.96. The smallest absolute Gasteiger partial charge is 0.100 e. The quantitative estimate of drug-likeness (QED) is 0.737. The lowest BCUT2D eigenvalue weighted by Crippen LogP contribution is -2.36. The molecule has 0 radical (unpaired) electrons. The number of nitrogens with one attached hydrogen (secondary N) is 1. The fourth-order valence-corrected chi connectivity index (χ4v) is 4.15. The molecule has 4 rings (SSSR count). The molecule has 4 heterocycles. The number of ether oxygens (including phenoxy) is 1. The minimum Gasteiger partial charge on any atom is -0.372 e. The summed E-state index contributed by atoms with van der Waals surface area (Å²) in [7, 11) is 2.03. The topological polar surface area (TPSA) is 44.0 Å². The Labute approximate surface area is 152 Å². The van der Waals surface area contributed by atoms with E-state index in [0.29, 0.717) is 6.04 Å². The molecule has 0 saturated carbocycles. The van der Waals surface area contributed by atoms with Crippen molar-refractivity contribution in [3.63, 3.8) is 0 Å². The van der Waals surface area contributed by atoms with Crippen LogP contribution in [-0.4, -0.2) is 26.8 Å². The first-order valence-corrected chi connectivity index (χ1v) is 9.65. The fourth-order valence-electron chi connectivity index (χ4n) is 3.45. The zero-order valence-electron chi connectivity index (χ0n) is 14.5. The van der Waals surface area contributed by atoms with Gasteiger partial charge in [-0.1, -0.05) is 6.07 Å². The number of imidazole rings is 1. The summed E-state index contributed by atoms with van der Waals surface area (Å²) in [6.45, 7) is 2.64. The predicted octanol–water partition coefficient (Wildman–Crippen LogP) is 3.34. The highest BCUT2D eigenvalue weighted by Crippen LogP contribution is 2.27. The van der Waals surface area contributed by atoms with Crippen molar-refractivity contribution in [3.05, 3.63) is 64.6 Å². The predicted molar refractivity (Wildman–Crippen MR) is 99.6 cm³/mol. The number of thiophene rings is 1. The number of aryl methyl sites for hydroxylation is 1. The number of rotatable bonds is 6. The van der Waals surface area contributed by atoms with Crippen LogP contribution in [0.15, 0.2) is 48.4 Å². The Morgan fingerprint density at radius 2 is 2.32 bits per heavy atom. The first kappa shape index (κ1) is 16.6. The van der Waals surface area contributed by atoms with Gasteiger partial charge in [0.2, 0.25) is 0 Å². The monoisotopic (exact) mass is 356 g/mol. The first-order chi connectivity index (χ1) is 12.3. The van der Waals surface area contributed by atoms with Gasteiger partial charge in [0.25, 0.3) is 0 Å². The molecule has 1 N–H and O–H groups in total. The lowest BCUT2D eigenvalue weighted by atomic mass is 10.0. The molecule has 132 valence electrons. The van der Waals surface area contributed by atoms with Gasteiger partial charge in [-0.25, -0.2) is 4.98 Å². The van der Waals surface area contributed by atoms with Gasteiger partial charge < -0.3 is 19.2 Å². The van der Waals surface area contributed by atoms with E-state index in [1.165, 1.54) is 10.6 Å². The standard InChI is InChI=1S/C19H24N4OS/c1-22-14-20-12-18(22)19-10-15(6-8-24-19)21-11-16-4-2-7-23(16)13-17-5-3-9-25-17/h2-5,7,9,12,14-15,19,21H,6,8,10-11,13H2,1H3. The molecule has 0 bridgehead atoms. The lowest BCUT2D eigenvalue weighted by Gasteiger charge is -2.30. The van der Waals surface area contributed by atoms with E-state index in [9.17, 15) is 0 Å². The molecule has 6 heteroatoms. The van der Waals surface area contributed by atoms with E-state index in [-0.39, 0.29) is 6.10 Å². The minimum atomic E-state index is 0.136. The highest BCUT2D eigenvalue weighted by Gasteiger charge is 2.25. The van der Waals surface area contributed by atoms with Crippen molar-refractivity contribution in [2.45, 2.75) is 38.1 Å². The SMILES string of the molecule is Cn1cncc1C1CC(NCc2cccn2Cc2cccs2)CCO1. The number of hydrogen-bond acceptors (Lipinski definition) is 4. The Morgan fingerprint density at radius 3 is 3.12 bits per heavy atom. The van der Waals surface area contributed by atoms with Crippen molar-refractivity contribution in [1.29, 1.82) is 0 Å². The van der Waals surface area contributed by atoms with E-state index >= 15 is 0 Å². The molecule has 25 heavy (non-hydrogen) atoms. The minimum absolute atomic E-state index is 0.136. The molecule has 0 amide bonds. The maximum Gasteiger partial charge on any atom is 0.100 e. The van der Waals surface area contributed by atoms with Crippen LogP contribution in [0, 0.1) is 0 Å². The van der Waals surface area contributed by atoms with E-state index in [1.54, 1.807) is 0 Å². The fraction of sp³-hybridized carbons (Fsp3) is 0.421. The number of aromatic nitrogens is 3. The third-order valence-corrected chi connectivity index (χ3v) is 5.73. The van der Waals surface area contributed by atoms with Crippen LogP contribution in [0.3, 0.4) is 0 Å². The number of hydrogen-bond donors (Lipinski definition) is 1. The molecule has 3 aromatic rings. The summed E-state index contributed by atoms with van der Waals surface area (Å²) in [5.41, 5.74) is 2.49. The third-order valence-electron chi connectivity index (χ3n) is 4.87. The molecule has 1 aliphatic rings. The molecule has 2 unspecified atom stereocenters. The van der Waals surface area contributed by atoms with Crippen molar-refractivity contribution < 1.29 is 4.74 Å². The maximum atomic E-state index is 5.96. The molecule has 2 atom stereocenters. The Morgan fingerprint density at radius 1 is 1.36 bits per heavy atom. The van der Waals surface area contributed by atoms with Gasteiger partial charge in [-0.2, -0.15) is 0 Å². The average Bonchev–Trinajstić information content (AvgIpc) is 3.36. The summed E-state index contributed by atoms with van der Waals surface area (Å²) >= 11 is 1.81. The van der Waals surface area contributed by atoms with E-state index < -0.39 is 0 Å². The van der Waals surface area contributed by atoms with Crippen molar-refractivity contribution in [1.82, 2.24) is 19.4 Å². The molecule has 0 spiro atoms. The van der Waals surface area contributed by atoms with E-state index in [4.69, 9.17) is 4.74 Å². The zero-order valence-corrected chi connectivity index (χ0v) is 15.3. The molecule has 1 aliphatic heterocycles. The summed E-state index contributed by atoms with van der Waals surface area (Å²) in [4.78, 5) is 5.60. The summed E-state index contributed by atoms with van der Waals surface area (Å²) in [6.07, 6.45) is 8.10. The Hall–Kier alpha value is -1.89. The molecule has 1 fully saturated rings. The highest BCUT2D eigenvalue weighted by atomic mass is 32.1. The average molecular weight is 356 g/mol. The Balaban J connectivity index is 1.35. The van der Waals surface area contributed by atoms with Crippen LogP contribution in [0.2, 0.25) is 0 Å². The van der Waals surface area contributed by atoms with Crippen molar-refractivity contribution in [2.75, 3.05) is 6.61 Å². The molecule has 1 saturated heterocycles. The van der Waals surface area contributed by atoms with Gasteiger partial charge in [0.1, 0.15) is 6.10 Å². The lowest BCUT2D eigenvalue weighted by molar-refractivity contribution is -0.00412. The van der Waals surface area contributed by atoms with Crippen molar-refractivity contribution in [3.8, 4) is 0 Å². The third kappa shape index (κ3) is 3.86. The van der Waals surface area contributed by atoms with Crippen LogP contribution < -0.4 is 5.32 Å². The van der Waals surface area contributed by atoms with Crippen LogP contribution in [0.4, 0.5) is 0 Å². The second-order valence-corrected chi connectivity index (χ2v) is 7.63. The van der Waals surface area contributed by atoms with Gasteiger partial charge in [-0.05, 0) is 36.4 Å². The van der Waals surface area contributed by atoms with Crippen LogP contribution in [-0.2, 0) is 24.9 Å². The molecule has 0 aliphatic carbocycles. The van der Waals surface area contributed by atoms with E-state index in [2.05, 4.69) is 55.3 Å². The molecule has 3 aromatic heterocycles. The zero-order chi connectivity index (χ0) is 17.1. The van der Waals surface area contributed by atoms with Crippen molar-refractivity contribution in [2.24, 2.45) is 7.05 Å². The van der Waals surface area contributed by atoms with Gasteiger partial charge in [0, 0.05) is 43.0 Å². The summed E-state index contributed by atoms with van der Waals surface area (Å²) in [6, 6.07) is 9.12. The van der Waals surface area contributed by atoms with E-state index in [1.807, 2.05) is 30.9 Å². The van der Waals surface area contributed by atoms with Gasteiger partial charge in [-0.3, -0.25) is 0 Å². The van der Waals surface area contributed by atoms with Gasteiger partial charge >= 0.3 is 0 Å². The van der Waals surface area contributed by atoms with Gasteiger partial charge in [0.05, 0.1) is 24.8 Å². The Kier molecular flexibility index (Phi) is 5.01. The first-order valence-electron chi connectivity index (χ1n) is 8.77. The van der Waals surface area contributed by atoms with Crippen LogP contribution in [0.1, 0.15) is 35.2 Å². The van der Waals surface area contributed by atoms with E-state index in [0.717, 1.165) is 38.2 Å². The second-order valence-electron chi connectivity index (χ2n) is 6.60. The van der Waals surface area contributed by atoms with Crippen LogP contribution in [0.5, 0.6) is 0 Å². The summed E-state index contributed by atoms with van der Waals surface area (Å²) in [5.74, 6) is 0. The second kappa shape index (κ2) is 7.56. The van der Waals surface area contributed by atoms with Crippen molar-refractivity contribution >= 4 is 11.3 Å². The highest BCUT2D eigenvalue weighted by molar-refractivity contribution is 7.09. The largest absolute Gasteiger partial charge is 0.372 e. The van der Waals surface area contributed by atoms with Crippen LogP contribution in [0.25, 0.3) is 0 Å². The summed E-state index contributed by atoms with van der Waals surface area (Å²) in [5, 5.41) is 5.86. The summed E-state index contributed by atoms with van der Waals surface area (Å²) < 4.78 is 10.3. The van der Waals surface area contributed by atoms with Crippen LogP contribution >= 0.6 is 11.3 Å². The molecule has 5 nitrogen and oxygen atoms in total. The molecular weight excluding hydrogens is 332 g/mol. The normalized spacial score (nSPS) is 20.8. The Bertz CT molecular complexity index is 792. The van der Waals surface area contributed by atoms with Gasteiger partial charge in [-0.15, -0.1) is 11.3 Å². The molecule has 0 aromatic carbocycles. The van der Waals surface area contributed by atoms with Gasteiger partial charge in [0.15, 0.2) is 0 Å². The molecular formula is C19H24N4OS.